The van der Waals surface area contributed by atoms with Gasteiger partial charge in [-0.1, -0.05) is 80.6 Å². The molecule has 4 aromatic rings. The Morgan fingerprint density at radius 3 is 1.13 bits per heavy atom. The summed E-state index contributed by atoms with van der Waals surface area (Å²) in [5.41, 5.74) is 7.32. The van der Waals surface area contributed by atoms with Gasteiger partial charge in [0, 0.05) is 25.7 Å². The van der Waals surface area contributed by atoms with E-state index in [0.717, 1.165) is 0 Å². The van der Waals surface area contributed by atoms with Crippen LogP contribution in [-0.2, 0) is 64.0 Å². The molecule has 67 heavy (non-hydrogen) atoms. The maximum atomic E-state index is 14.5. The quantitative estimate of drug-likeness (QED) is 0.0446. The maximum absolute atomic E-state index is 14.5. The number of benzene rings is 4. The minimum Gasteiger partial charge on any atom is -0.508 e. The number of aliphatic carboxylic acids is 2. The normalized spacial score (nSPS) is 13.6. The van der Waals surface area contributed by atoms with Crippen LogP contribution < -0.4 is 37.6 Å². The van der Waals surface area contributed by atoms with Crippen molar-refractivity contribution < 1.29 is 63.9 Å². The van der Waals surface area contributed by atoms with Crippen LogP contribution in [0.15, 0.2) is 103 Å². The van der Waals surface area contributed by atoms with Crippen LogP contribution in [0.5, 0.6) is 17.2 Å². The van der Waals surface area contributed by atoms with Gasteiger partial charge in [-0.15, -0.1) is 0 Å². The van der Waals surface area contributed by atoms with Crippen LogP contribution in [0.3, 0.4) is 0 Å². The van der Waals surface area contributed by atoms with Crippen molar-refractivity contribution in [3.05, 3.63) is 125 Å². The summed E-state index contributed by atoms with van der Waals surface area (Å²) < 4.78 is 0. The van der Waals surface area contributed by atoms with Crippen molar-refractivity contribution in [2.24, 2.45) is 11.7 Å². The van der Waals surface area contributed by atoms with Gasteiger partial charge in [0.25, 0.3) is 0 Å². The van der Waals surface area contributed by atoms with Gasteiger partial charge < -0.3 is 63.2 Å². The zero-order valence-electron chi connectivity index (χ0n) is 36.7. The second-order valence-electron chi connectivity index (χ2n) is 16.0. The Morgan fingerprint density at radius 2 is 0.776 bits per heavy atom. The van der Waals surface area contributed by atoms with Crippen molar-refractivity contribution in [1.82, 2.24) is 31.9 Å². The molecule has 6 atom stereocenters. The first-order chi connectivity index (χ1) is 31.8. The molecule has 0 unspecified atom stereocenters. The number of rotatable bonds is 24. The molecule has 0 fully saturated rings. The molecule has 0 saturated heterocycles. The van der Waals surface area contributed by atoms with Gasteiger partial charge in [-0.2, -0.15) is 0 Å². The summed E-state index contributed by atoms with van der Waals surface area (Å²) in [4.78, 5) is 107. The van der Waals surface area contributed by atoms with Gasteiger partial charge in [0.15, 0.2) is 0 Å². The molecular formula is C47H55N7O13. The predicted octanol–water partition coefficient (Wildman–Crippen LogP) is 0.157. The second kappa shape index (κ2) is 24.9. The number of carboxylic acids is 2. The molecule has 0 bridgehead atoms. The minimum atomic E-state index is -1.84. The van der Waals surface area contributed by atoms with Crippen LogP contribution in [0.4, 0.5) is 0 Å². The molecule has 4 rings (SSSR count). The molecule has 20 heteroatoms. The van der Waals surface area contributed by atoms with Crippen LogP contribution in [0.1, 0.15) is 42.5 Å². The minimum absolute atomic E-state index is 0.0668. The largest absolute Gasteiger partial charge is 0.508 e. The summed E-state index contributed by atoms with van der Waals surface area (Å²) in [6.07, 6.45) is -1.87. The molecule has 20 nitrogen and oxygen atoms in total. The monoisotopic (exact) mass is 925 g/mol. The average molecular weight is 926 g/mol. The number of carboxylic acid groups (broad SMARTS) is 2. The topological polar surface area (TPSA) is 336 Å². The van der Waals surface area contributed by atoms with E-state index < -0.39 is 103 Å². The molecule has 13 N–H and O–H groups in total. The van der Waals surface area contributed by atoms with E-state index in [9.17, 15) is 63.9 Å². The number of carbonyl (C=O) groups excluding carboxylic acids is 6. The molecule has 0 saturated carbocycles. The van der Waals surface area contributed by atoms with E-state index in [-0.39, 0.29) is 42.9 Å². The molecule has 0 radical (unpaired) electrons. The summed E-state index contributed by atoms with van der Waals surface area (Å²) >= 11 is 0. The number of hydrogen-bond acceptors (Lipinski definition) is 12. The maximum Gasteiger partial charge on any atom is 0.326 e. The van der Waals surface area contributed by atoms with E-state index in [2.05, 4.69) is 31.9 Å². The first-order valence-electron chi connectivity index (χ1n) is 21.1. The van der Waals surface area contributed by atoms with Crippen LogP contribution in [-0.4, -0.2) is 116 Å². The van der Waals surface area contributed by atoms with Crippen LogP contribution in [0.25, 0.3) is 0 Å². The fraction of sp³-hybridized carbons (Fsp3) is 0.319. The molecule has 356 valence electrons. The van der Waals surface area contributed by atoms with Crippen LogP contribution in [0, 0.1) is 5.92 Å². The average Bonchev–Trinajstić information content (AvgIpc) is 3.28. The third kappa shape index (κ3) is 16.8. The number of hydrogen-bond donors (Lipinski definition) is 12. The van der Waals surface area contributed by atoms with Gasteiger partial charge in [-0.3, -0.25) is 33.6 Å². The first-order valence-corrected chi connectivity index (χ1v) is 21.1. The Labute approximate surface area is 385 Å². The Hall–Kier alpha value is -8.00. The predicted molar refractivity (Wildman–Crippen MR) is 241 cm³/mol. The molecule has 0 aliphatic heterocycles. The molecule has 4 aromatic carbocycles. The number of phenols is 3. The van der Waals surface area contributed by atoms with Crippen molar-refractivity contribution in [3.8, 4) is 17.2 Å². The molecule has 0 aliphatic carbocycles. The Balaban J connectivity index is 1.66. The number of nitrogens with two attached hydrogens (primary N) is 1. The van der Waals surface area contributed by atoms with Gasteiger partial charge in [0.05, 0.1) is 13.0 Å². The number of nitrogens with one attached hydrogen (secondary N) is 6. The summed E-state index contributed by atoms with van der Waals surface area (Å²) in [6, 6.07) is 16.2. The Morgan fingerprint density at radius 1 is 0.448 bits per heavy atom. The van der Waals surface area contributed by atoms with E-state index in [4.69, 9.17) is 5.73 Å². The van der Waals surface area contributed by atoms with E-state index >= 15 is 0 Å². The first kappa shape index (κ1) is 51.6. The lowest BCUT2D eigenvalue weighted by molar-refractivity contribution is -0.143. The SMILES string of the molecule is CC(C)[C@H](NC(=O)CN)C(=O)N[C@@H](Cc1ccc(O)cc1)C(=O)N[C@@H](Cc1ccc(O)cc1)C(=O)N[C@@H](Cc1ccccc1)C(=O)N[C@@H](CC(=O)O)C(=O)N[C@@H](Cc1ccc(O)cc1)C(=O)O. The fourth-order valence-electron chi connectivity index (χ4n) is 6.78. The molecule has 0 aliphatic rings. The highest BCUT2D eigenvalue weighted by molar-refractivity contribution is 5.98. The lowest BCUT2D eigenvalue weighted by Crippen LogP contribution is -2.61. The van der Waals surface area contributed by atoms with Crippen LogP contribution >= 0.6 is 0 Å². The molecule has 6 amide bonds. The van der Waals surface area contributed by atoms with E-state index in [1.807, 2.05) is 0 Å². The van der Waals surface area contributed by atoms with E-state index in [0.29, 0.717) is 22.3 Å². The van der Waals surface area contributed by atoms with Gasteiger partial charge >= 0.3 is 11.9 Å². The second-order valence-corrected chi connectivity index (χ2v) is 16.0. The molecule has 0 heterocycles. The zero-order valence-corrected chi connectivity index (χ0v) is 36.7. The third-order valence-corrected chi connectivity index (χ3v) is 10.4. The lowest BCUT2D eigenvalue weighted by Gasteiger charge is -2.28. The summed E-state index contributed by atoms with van der Waals surface area (Å²) in [6.45, 7) is 2.92. The van der Waals surface area contributed by atoms with Gasteiger partial charge in [0.2, 0.25) is 35.4 Å². The molecule has 0 spiro atoms. The number of aromatic hydroxyl groups is 3. The summed E-state index contributed by atoms with van der Waals surface area (Å²) in [7, 11) is 0. The van der Waals surface area contributed by atoms with Crippen molar-refractivity contribution in [3.63, 3.8) is 0 Å². The van der Waals surface area contributed by atoms with Gasteiger partial charge in [-0.25, -0.2) is 4.79 Å². The van der Waals surface area contributed by atoms with Crippen LogP contribution in [0.2, 0.25) is 0 Å². The smallest absolute Gasteiger partial charge is 0.326 e. The standard InChI is InChI=1S/C47H55N7O13/c1-26(2)41(54-39(58)25-48)46(65)52-36(22-29-10-16-32(56)17-11-29)44(63)50-35(21-28-8-14-31(55)15-9-28)42(61)49-34(20-27-6-4-3-5-7-27)43(62)51-37(24-40(59)60)45(64)53-38(47(66)67)23-30-12-18-33(57)19-13-30/h3-19,26,34-38,41,55-57H,20-25,48H2,1-2H3,(H,49,61)(H,50,63)(H,51,62)(H,52,65)(H,53,64)(H,54,58)(H,59,60)(H,66,67)/t34-,35-,36-,37-,38-,41-/m0/s1. The molecule has 0 aromatic heterocycles. The van der Waals surface area contributed by atoms with E-state index in [1.54, 1.807) is 44.2 Å². The number of phenolic OH excluding ortho intramolecular Hbond substituents is 3. The van der Waals surface area contributed by atoms with Gasteiger partial charge in [-0.05, 0) is 64.6 Å². The zero-order chi connectivity index (χ0) is 49.2. The van der Waals surface area contributed by atoms with Crippen molar-refractivity contribution in [2.45, 2.75) is 82.2 Å². The number of carbonyl (C=O) groups is 8. The van der Waals surface area contributed by atoms with Crippen molar-refractivity contribution in [2.75, 3.05) is 6.54 Å². The van der Waals surface area contributed by atoms with Crippen molar-refractivity contribution in [1.29, 1.82) is 0 Å². The van der Waals surface area contributed by atoms with Crippen molar-refractivity contribution >= 4 is 47.4 Å². The third-order valence-electron chi connectivity index (χ3n) is 10.4. The Kier molecular flexibility index (Phi) is 19.2. The molecular weight excluding hydrogens is 871 g/mol. The highest BCUT2D eigenvalue weighted by Crippen LogP contribution is 2.16. The summed E-state index contributed by atoms with van der Waals surface area (Å²) in [5, 5.41) is 64.2. The lowest BCUT2D eigenvalue weighted by atomic mass is 9.99. The van der Waals surface area contributed by atoms with Gasteiger partial charge in [0.1, 0.15) is 53.5 Å². The highest BCUT2D eigenvalue weighted by Gasteiger charge is 2.35. The van der Waals surface area contributed by atoms with E-state index in [1.165, 1.54) is 72.8 Å². The Bertz CT molecular complexity index is 2350. The highest BCUT2D eigenvalue weighted by atomic mass is 16.4. The number of amides is 6. The fourth-order valence-corrected chi connectivity index (χ4v) is 6.78. The summed E-state index contributed by atoms with van der Waals surface area (Å²) in [5.74, 6) is -9.10.